The molecule has 0 saturated carbocycles. The number of hydrogen-bond donors (Lipinski definition) is 14. The maximum Gasteiger partial charge on any atom is 0.246 e. The summed E-state index contributed by atoms with van der Waals surface area (Å²) in [4.78, 5) is 133. The van der Waals surface area contributed by atoms with Crippen LogP contribution >= 0.6 is 25.3 Å². The van der Waals surface area contributed by atoms with Crippen LogP contribution in [0.4, 0.5) is 0 Å². The number of hydrogen-bond acceptors (Lipinski definition) is 15. The van der Waals surface area contributed by atoms with Gasteiger partial charge in [0.1, 0.15) is 48.0 Å². The van der Waals surface area contributed by atoms with Crippen LogP contribution < -0.4 is 54.4 Å². The number of aryl methyl sites for hydroxylation is 1. The standard InChI is InChI=1S/C45H65N11O12S2/c1-23(2)36(43(66)49-20-35(48)60)54-42(65)33-10-7-17-56(33)45(68)32(22-70)53-41(64)31(19-34(47)59)52-44(67)37(24(3)57)55-39(62)29(16-13-25-8-5-4-6-9-25)50-40(63)30(51-38(61)28(46)21-69)18-26-11-14-27(58)15-12-26/h4-6,8-9,11-12,14-15,23-24,28-33,36-37,57-58,69-70H,7,10,13,16-22,46H2,1-3H3,(H2,47,59)(H2,48,60)(H,49,66)(H,50,63)(H,51,61)(H,52,67)(H,53,64)(H,54,65)(H,55,62)/t24-,28+,29+,30+,31+,32+,33+,36+,37+/m1/s1. The number of carbonyl (C=O) groups is 10. The van der Waals surface area contributed by atoms with E-state index in [1.807, 2.05) is 0 Å². The van der Waals surface area contributed by atoms with E-state index in [1.54, 1.807) is 44.2 Å². The fraction of sp³-hybridized carbons (Fsp3) is 0.511. The van der Waals surface area contributed by atoms with E-state index in [-0.39, 0.29) is 49.5 Å². The average Bonchev–Trinajstić information content (AvgIpc) is 3.82. The molecule has 384 valence electrons. The van der Waals surface area contributed by atoms with Gasteiger partial charge >= 0.3 is 0 Å². The predicted octanol–water partition coefficient (Wildman–Crippen LogP) is -3.83. The molecular formula is C45H65N11O12S2. The molecule has 15 N–H and O–H groups in total. The second kappa shape index (κ2) is 28.3. The number of aromatic hydroxyl groups is 1. The van der Waals surface area contributed by atoms with Crippen LogP contribution in [0.2, 0.25) is 0 Å². The van der Waals surface area contributed by atoms with Crippen molar-refractivity contribution >= 4 is 84.3 Å². The molecule has 1 aliphatic heterocycles. The zero-order valence-corrected chi connectivity index (χ0v) is 40.9. The Morgan fingerprint density at radius 3 is 1.83 bits per heavy atom. The topological polar surface area (TPSA) is 377 Å². The zero-order valence-electron chi connectivity index (χ0n) is 39.1. The lowest BCUT2D eigenvalue weighted by Gasteiger charge is -2.31. The molecular weight excluding hydrogens is 951 g/mol. The van der Waals surface area contributed by atoms with Crippen LogP contribution in [0.1, 0.15) is 57.6 Å². The van der Waals surface area contributed by atoms with Gasteiger partial charge in [-0.05, 0) is 61.8 Å². The Kier molecular flexibility index (Phi) is 23.4. The molecule has 1 aliphatic rings. The van der Waals surface area contributed by atoms with Gasteiger partial charge in [-0.1, -0.05) is 56.3 Å². The molecule has 0 bridgehead atoms. The fourth-order valence-corrected chi connectivity index (χ4v) is 7.71. The van der Waals surface area contributed by atoms with Crippen LogP contribution in [0.5, 0.6) is 5.75 Å². The number of primary amides is 2. The Morgan fingerprint density at radius 1 is 0.671 bits per heavy atom. The Bertz CT molecular complexity index is 2170. The Hall–Kier alpha value is -6.44. The minimum absolute atomic E-state index is 0.0419. The van der Waals surface area contributed by atoms with Crippen molar-refractivity contribution in [2.45, 2.75) is 114 Å². The number of nitrogens with zero attached hydrogens (tertiary/aromatic N) is 1. The first kappa shape index (κ1) is 57.9. The minimum Gasteiger partial charge on any atom is -0.508 e. The van der Waals surface area contributed by atoms with Gasteiger partial charge in [0.15, 0.2) is 0 Å². The molecule has 3 rings (SSSR count). The van der Waals surface area contributed by atoms with Crippen LogP contribution in [-0.4, -0.2) is 153 Å². The number of aliphatic hydroxyl groups excluding tert-OH is 1. The van der Waals surface area contributed by atoms with Crippen molar-refractivity contribution in [3.05, 3.63) is 65.7 Å². The number of phenolic OH excluding ortho intramolecular Hbond substituents is 1. The Labute approximate surface area is 416 Å². The summed E-state index contributed by atoms with van der Waals surface area (Å²) in [5.74, 6) is -9.55. The largest absolute Gasteiger partial charge is 0.508 e. The summed E-state index contributed by atoms with van der Waals surface area (Å²) >= 11 is 8.29. The van der Waals surface area contributed by atoms with Gasteiger partial charge in [-0.3, -0.25) is 47.9 Å². The van der Waals surface area contributed by atoms with Gasteiger partial charge in [0.05, 0.1) is 25.1 Å². The number of nitrogens with two attached hydrogens (primary N) is 3. The van der Waals surface area contributed by atoms with Gasteiger partial charge in [0, 0.05) is 24.5 Å². The number of nitrogens with one attached hydrogen (secondary N) is 7. The molecule has 23 nitrogen and oxygen atoms in total. The highest BCUT2D eigenvalue weighted by Crippen LogP contribution is 2.20. The van der Waals surface area contributed by atoms with Crippen molar-refractivity contribution in [1.82, 2.24) is 42.1 Å². The number of thiol groups is 2. The van der Waals surface area contributed by atoms with E-state index in [1.165, 1.54) is 29.2 Å². The quantitative estimate of drug-likeness (QED) is 0.0382. The Balaban J connectivity index is 1.82. The van der Waals surface area contributed by atoms with E-state index in [4.69, 9.17) is 17.2 Å². The first-order chi connectivity index (χ1) is 33.1. The van der Waals surface area contributed by atoms with E-state index in [0.717, 1.165) is 12.5 Å². The van der Waals surface area contributed by atoms with Gasteiger partial charge in [-0.15, -0.1) is 0 Å². The van der Waals surface area contributed by atoms with E-state index in [0.29, 0.717) is 12.0 Å². The highest BCUT2D eigenvalue weighted by atomic mass is 32.1. The second-order valence-electron chi connectivity index (χ2n) is 17.1. The van der Waals surface area contributed by atoms with Gasteiger partial charge in [-0.25, -0.2) is 0 Å². The average molecular weight is 1020 g/mol. The van der Waals surface area contributed by atoms with Crippen molar-refractivity contribution in [2.75, 3.05) is 24.6 Å². The minimum atomic E-state index is -1.81. The lowest BCUT2D eigenvalue weighted by molar-refractivity contribution is -0.142. The van der Waals surface area contributed by atoms with Crippen LogP contribution in [-0.2, 0) is 60.8 Å². The Morgan fingerprint density at radius 2 is 1.26 bits per heavy atom. The van der Waals surface area contributed by atoms with E-state index < -0.39 is 132 Å². The SMILES string of the molecule is CC(C)[C@H](NC(=O)[C@@H]1CCCN1C(=O)[C@H](CS)NC(=O)[C@H](CC(N)=O)NC(=O)[C@@H](NC(=O)[C@H](CCc1ccccc1)NC(=O)[C@H](Cc1ccc(O)cc1)NC(=O)[C@@H](N)CS)[C@@H](C)O)C(=O)NCC(N)=O. The summed E-state index contributed by atoms with van der Waals surface area (Å²) in [5.41, 5.74) is 17.8. The van der Waals surface area contributed by atoms with Crippen molar-refractivity contribution in [2.24, 2.45) is 23.1 Å². The number of benzene rings is 2. The number of aliphatic hydroxyl groups is 1. The number of rotatable bonds is 27. The predicted molar refractivity (Wildman–Crippen MR) is 261 cm³/mol. The highest BCUT2D eigenvalue weighted by molar-refractivity contribution is 7.80. The first-order valence-electron chi connectivity index (χ1n) is 22.5. The van der Waals surface area contributed by atoms with E-state index >= 15 is 0 Å². The number of likely N-dealkylation sites (tertiary alicyclic amines) is 1. The van der Waals surface area contributed by atoms with Crippen LogP contribution in [0.3, 0.4) is 0 Å². The molecule has 1 heterocycles. The first-order valence-corrected chi connectivity index (χ1v) is 23.8. The molecule has 0 unspecified atom stereocenters. The second-order valence-corrected chi connectivity index (χ2v) is 17.8. The number of amides is 10. The molecule has 9 atom stereocenters. The molecule has 1 fully saturated rings. The van der Waals surface area contributed by atoms with Crippen molar-refractivity contribution in [1.29, 1.82) is 0 Å². The third-order valence-corrected chi connectivity index (χ3v) is 11.9. The van der Waals surface area contributed by atoms with Crippen molar-refractivity contribution in [3.8, 4) is 5.75 Å². The summed E-state index contributed by atoms with van der Waals surface area (Å²) in [7, 11) is 0. The van der Waals surface area contributed by atoms with Crippen molar-refractivity contribution in [3.63, 3.8) is 0 Å². The molecule has 1 saturated heterocycles. The van der Waals surface area contributed by atoms with Gasteiger partial charge in [0.2, 0.25) is 59.1 Å². The molecule has 0 radical (unpaired) electrons. The zero-order chi connectivity index (χ0) is 52.2. The summed E-state index contributed by atoms with van der Waals surface area (Å²) < 4.78 is 0. The lowest BCUT2D eigenvalue weighted by Crippen LogP contribution is -2.62. The number of phenols is 1. The van der Waals surface area contributed by atoms with Crippen LogP contribution in [0.25, 0.3) is 0 Å². The van der Waals surface area contributed by atoms with Gasteiger partial charge in [0.25, 0.3) is 0 Å². The molecule has 70 heavy (non-hydrogen) atoms. The van der Waals surface area contributed by atoms with Crippen LogP contribution in [0.15, 0.2) is 54.6 Å². The molecule has 25 heteroatoms. The summed E-state index contributed by atoms with van der Waals surface area (Å²) in [6.07, 6.45) is -1.80. The monoisotopic (exact) mass is 1020 g/mol. The maximum atomic E-state index is 14.1. The highest BCUT2D eigenvalue weighted by Gasteiger charge is 2.40. The van der Waals surface area contributed by atoms with Crippen LogP contribution in [0, 0.1) is 5.92 Å². The molecule has 10 amide bonds. The summed E-state index contributed by atoms with van der Waals surface area (Å²) in [6, 6.07) is 3.75. The molecule has 2 aromatic carbocycles. The normalized spacial score (nSPS) is 16.7. The van der Waals surface area contributed by atoms with Gasteiger partial charge < -0.3 is 69.5 Å². The molecule has 2 aromatic rings. The van der Waals surface area contributed by atoms with Crippen molar-refractivity contribution < 1.29 is 58.2 Å². The fourth-order valence-electron chi connectivity index (χ4n) is 7.30. The van der Waals surface area contributed by atoms with E-state index in [9.17, 15) is 58.2 Å². The lowest BCUT2D eigenvalue weighted by atomic mass is 10.0. The third kappa shape index (κ3) is 18.1. The third-order valence-electron chi connectivity index (χ3n) is 11.2. The van der Waals surface area contributed by atoms with E-state index in [2.05, 4.69) is 62.5 Å². The summed E-state index contributed by atoms with van der Waals surface area (Å²) in [6.45, 7) is 4.10. The smallest absolute Gasteiger partial charge is 0.246 e. The van der Waals surface area contributed by atoms with Gasteiger partial charge in [-0.2, -0.15) is 25.3 Å². The number of carbonyl (C=O) groups excluding carboxylic acids is 10. The molecule has 0 spiro atoms. The molecule has 0 aliphatic carbocycles. The maximum absolute atomic E-state index is 14.1. The molecule has 0 aromatic heterocycles. The summed E-state index contributed by atoms with van der Waals surface area (Å²) in [5, 5.41) is 37.9.